The van der Waals surface area contributed by atoms with Gasteiger partial charge < -0.3 is 5.11 Å². The molecule has 0 bridgehead atoms. The van der Waals surface area contributed by atoms with Gasteiger partial charge in [0.2, 0.25) is 0 Å². The molecule has 7 nitrogen and oxygen atoms in total. The summed E-state index contributed by atoms with van der Waals surface area (Å²) >= 11 is 0. The van der Waals surface area contributed by atoms with E-state index in [0.29, 0.717) is 5.82 Å². The minimum absolute atomic E-state index is 0.110. The summed E-state index contributed by atoms with van der Waals surface area (Å²) in [7, 11) is 1.38. The lowest BCUT2D eigenvalue weighted by atomic mass is 10.3. The first-order valence-electron chi connectivity index (χ1n) is 4.48. The van der Waals surface area contributed by atoms with Crippen molar-refractivity contribution in [1.82, 2.24) is 20.2 Å². The smallest absolute Gasteiger partial charge is 0.414 e. The van der Waals surface area contributed by atoms with Crippen molar-refractivity contribution in [3.8, 4) is 11.4 Å². The van der Waals surface area contributed by atoms with Crippen molar-refractivity contribution in [3.63, 3.8) is 0 Å². The van der Waals surface area contributed by atoms with Crippen molar-refractivity contribution < 1.29 is 9.90 Å². The lowest BCUT2D eigenvalue weighted by Gasteiger charge is -2.05. The standard InChI is InChI=1S/C9H9N5O2/c1-14(9(15)16)8-11-7(12-13-8)6-2-4-10-5-3-6/h2-5H,1H3,(H,15,16)(H,11,12,13). The molecule has 0 spiro atoms. The lowest BCUT2D eigenvalue weighted by molar-refractivity contribution is 0.203. The fourth-order valence-corrected chi connectivity index (χ4v) is 1.13. The number of anilines is 1. The van der Waals surface area contributed by atoms with Crippen LogP contribution in [-0.2, 0) is 0 Å². The van der Waals surface area contributed by atoms with Crippen LogP contribution in [0.4, 0.5) is 10.7 Å². The van der Waals surface area contributed by atoms with E-state index >= 15 is 0 Å². The van der Waals surface area contributed by atoms with Crippen molar-refractivity contribution in [2.75, 3.05) is 11.9 Å². The van der Waals surface area contributed by atoms with E-state index in [1.165, 1.54) is 7.05 Å². The third-order valence-electron chi connectivity index (χ3n) is 2.01. The van der Waals surface area contributed by atoms with Gasteiger partial charge in [-0.25, -0.2) is 9.69 Å². The maximum absolute atomic E-state index is 10.7. The van der Waals surface area contributed by atoms with Crippen LogP contribution in [0.3, 0.4) is 0 Å². The van der Waals surface area contributed by atoms with Crippen molar-refractivity contribution >= 4 is 12.0 Å². The van der Waals surface area contributed by atoms with Crippen LogP contribution in [0.1, 0.15) is 0 Å². The van der Waals surface area contributed by atoms with Crippen molar-refractivity contribution in [3.05, 3.63) is 24.5 Å². The molecule has 0 radical (unpaired) electrons. The van der Waals surface area contributed by atoms with E-state index in [2.05, 4.69) is 20.2 Å². The predicted molar refractivity (Wildman–Crippen MR) is 56.0 cm³/mol. The van der Waals surface area contributed by atoms with Gasteiger partial charge in [-0.15, -0.1) is 5.10 Å². The van der Waals surface area contributed by atoms with Crippen LogP contribution >= 0.6 is 0 Å². The number of aromatic nitrogens is 4. The zero-order valence-electron chi connectivity index (χ0n) is 8.45. The maximum Gasteiger partial charge on any atom is 0.414 e. The molecule has 16 heavy (non-hydrogen) atoms. The van der Waals surface area contributed by atoms with Gasteiger partial charge in [0.1, 0.15) is 0 Å². The van der Waals surface area contributed by atoms with E-state index in [1.54, 1.807) is 24.5 Å². The molecule has 1 amide bonds. The van der Waals surface area contributed by atoms with Gasteiger partial charge in [0.15, 0.2) is 5.82 Å². The number of nitrogens with zero attached hydrogens (tertiary/aromatic N) is 4. The van der Waals surface area contributed by atoms with Crippen LogP contribution in [0.25, 0.3) is 11.4 Å². The summed E-state index contributed by atoms with van der Waals surface area (Å²) in [5.41, 5.74) is 0.799. The molecular weight excluding hydrogens is 210 g/mol. The normalized spacial score (nSPS) is 10.1. The van der Waals surface area contributed by atoms with E-state index in [9.17, 15) is 4.79 Å². The molecule has 0 saturated heterocycles. The second kappa shape index (κ2) is 3.97. The van der Waals surface area contributed by atoms with Gasteiger partial charge in [-0.2, -0.15) is 4.98 Å². The SMILES string of the molecule is CN(C(=O)O)c1n[nH]c(-c2ccncc2)n1. The van der Waals surface area contributed by atoms with Crippen LogP contribution in [0, 0.1) is 0 Å². The topological polar surface area (TPSA) is 95.0 Å². The quantitative estimate of drug-likeness (QED) is 0.785. The molecule has 2 aromatic rings. The third kappa shape index (κ3) is 1.83. The molecule has 0 unspecified atom stereocenters. The van der Waals surface area contributed by atoms with Crippen molar-refractivity contribution in [2.45, 2.75) is 0 Å². The molecule has 2 aromatic heterocycles. The lowest BCUT2D eigenvalue weighted by Crippen LogP contribution is -2.24. The molecule has 0 aromatic carbocycles. The number of amides is 1. The Bertz CT molecular complexity index is 496. The van der Waals surface area contributed by atoms with Gasteiger partial charge in [-0.3, -0.25) is 10.1 Å². The first kappa shape index (κ1) is 10.1. The number of carbonyl (C=O) groups is 1. The number of hydrogen-bond acceptors (Lipinski definition) is 4. The fraction of sp³-hybridized carbons (Fsp3) is 0.111. The highest BCUT2D eigenvalue weighted by Gasteiger charge is 2.14. The maximum atomic E-state index is 10.7. The fourth-order valence-electron chi connectivity index (χ4n) is 1.13. The summed E-state index contributed by atoms with van der Waals surface area (Å²) in [6.45, 7) is 0. The van der Waals surface area contributed by atoms with Gasteiger partial charge in [-0.05, 0) is 12.1 Å². The summed E-state index contributed by atoms with van der Waals surface area (Å²) in [5, 5.41) is 15.2. The van der Waals surface area contributed by atoms with Crippen LogP contribution in [0.15, 0.2) is 24.5 Å². The van der Waals surface area contributed by atoms with Gasteiger partial charge in [0.05, 0.1) is 0 Å². The number of pyridine rings is 1. The van der Waals surface area contributed by atoms with Crippen LogP contribution in [-0.4, -0.2) is 38.4 Å². The van der Waals surface area contributed by atoms with E-state index < -0.39 is 6.09 Å². The highest BCUT2D eigenvalue weighted by atomic mass is 16.4. The molecule has 0 fully saturated rings. The molecular formula is C9H9N5O2. The monoisotopic (exact) mass is 219 g/mol. The van der Waals surface area contributed by atoms with Gasteiger partial charge in [0.25, 0.3) is 5.95 Å². The first-order chi connectivity index (χ1) is 7.68. The summed E-state index contributed by atoms with van der Waals surface area (Å²) in [6, 6.07) is 3.51. The number of aromatic amines is 1. The molecule has 2 N–H and O–H groups in total. The Morgan fingerprint density at radius 3 is 2.75 bits per heavy atom. The Kier molecular flexibility index (Phi) is 2.50. The second-order valence-corrected chi connectivity index (χ2v) is 3.06. The number of H-pyrrole nitrogens is 1. The van der Waals surface area contributed by atoms with Crippen LogP contribution in [0.5, 0.6) is 0 Å². The van der Waals surface area contributed by atoms with Gasteiger partial charge >= 0.3 is 6.09 Å². The molecule has 82 valence electrons. The summed E-state index contributed by atoms with van der Waals surface area (Å²) < 4.78 is 0. The molecule has 2 rings (SSSR count). The third-order valence-corrected chi connectivity index (χ3v) is 2.01. The van der Waals surface area contributed by atoms with Crippen LogP contribution in [0.2, 0.25) is 0 Å². The number of rotatable bonds is 2. The van der Waals surface area contributed by atoms with Crippen molar-refractivity contribution in [1.29, 1.82) is 0 Å². The Labute approximate surface area is 90.8 Å². The Hall–Kier alpha value is -2.44. The van der Waals surface area contributed by atoms with Gasteiger partial charge in [0, 0.05) is 25.0 Å². The summed E-state index contributed by atoms with van der Waals surface area (Å²) in [5.74, 6) is 0.616. The molecule has 0 aliphatic rings. The van der Waals surface area contributed by atoms with E-state index in [4.69, 9.17) is 5.11 Å². The van der Waals surface area contributed by atoms with Gasteiger partial charge in [-0.1, -0.05) is 0 Å². The molecule has 2 heterocycles. The second-order valence-electron chi connectivity index (χ2n) is 3.06. The molecule has 7 heteroatoms. The van der Waals surface area contributed by atoms with E-state index in [-0.39, 0.29) is 5.95 Å². The largest absolute Gasteiger partial charge is 0.465 e. The van der Waals surface area contributed by atoms with Crippen LogP contribution < -0.4 is 4.90 Å². The number of hydrogen-bond donors (Lipinski definition) is 2. The van der Waals surface area contributed by atoms with E-state index in [0.717, 1.165) is 10.5 Å². The zero-order valence-corrected chi connectivity index (χ0v) is 8.45. The minimum Gasteiger partial charge on any atom is -0.465 e. The summed E-state index contributed by atoms with van der Waals surface area (Å²) in [4.78, 5) is 19.5. The first-order valence-corrected chi connectivity index (χ1v) is 4.48. The Balaban J connectivity index is 2.30. The average Bonchev–Trinajstić information content (AvgIpc) is 2.78. The highest BCUT2D eigenvalue weighted by Crippen LogP contribution is 2.15. The Morgan fingerprint density at radius 1 is 1.44 bits per heavy atom. The molecule has 0 aliphatic carbocycles. The minimum atomic E-state index is -1.11. The molecule has 0 saturated carbocycles. The average molecular weight is 219 g/mol. The van der Waals surface area contributed by atoms with E-state index in [1.807, 2.05) is 0 Å². The molecule has 0 atom stereocenters. The Morgan fingerprint density at radius 2 is 2.12 bits per heavy atom. The summed E-state index contributed by atoms with van der Waals surface area (Å²) in [6.07, 6.45) is 2.14. The predicted octanol–water partition coefficient (Wildman–Crippen LogP) is 0.981. The highest BCUT2D eigenvalue weighted by molar-refractivity contribution is 5.83. The number of nitrogens with one attached hydrogen (secondary N) is 1. The number of carboxylic acid groups (broad SMARTS) is 1. The van der Waals surface area contributed by atoms with Crippen molar-refractivity contribution in [2.24, 2.45) is 0 Å². The molecule has 0 aliphatic heterocycles. The zero-order chi connectivity index (χ0) is 11.5.